The summed E-state index contributed by atoms with van der Waals surface area (Å²) in [6, 6.07) is 4.57. The monoisotopic (exact) mass is 426 g/mol. The van der Waals surface area contributed by atoms with E-state index in [-0.39, 0.29) is 16.8 Å². The zero-order valence-corrected chi connectivity index (χ0v) is 18.1. The summed E-state index contributed by atoms with van der Waals surface area (Å²) in [6.45, 7) is 4.69. The Kier molecular flexibility index (Phi) is 6.43. The smallest absolute Gasteiger partial charge is 0.335 e. The van der Waals surface area contributed by atoms with Crippen LogP contribution in [0.3, 0.4) is 0 Å². The number of aryl methyl sites for hydroxylation is 2. The predicted molar refractivity (Wildman–Crippen MR) is 119 cm³/mol. The molecule has 0 fully saturated rings. The lowest BCUT2D eigenvalue weighted by Gasteiger charge is -2.10. The number of fused-ring (bicyclic) bond motifs is 1. The highest BCUT2D eigenvalue weighted by molar-refractivity contribution is 5.89. The van der Waals surface area contributed by atoms with Crippen LogP contribution in [0.2, 0.25) is 0 Å². The van der Waals surface area contributed by atoms with Gasteiger partial charge in [-0.25, -0.2) is 14.6 Å². The number of carboxylic acid groups (broad SMARTS) is 1. The Morgan fingerprint density at radius 1 is 1.13 bits per heavy atom. The number of hydrogen-bond donors (Lipinski definition) is 1. The average molecular weight is 426 g/mol. The van der Waals surface area contributed by atoms with Crippen LogP contribution in [-0.2, 0) is 20.1 Å². The molecule has 0 atom stereocenters. The standard InChI is InChI=1S/C22H26N4O5/c1-5-11-25-19-18(20(27)26(12-6-2)22(25)30)24(3)17(23-19)10-9-14-7-8-15(21(28)29)13-16(14)31-4/h7-10,13H,5-6,11-12H2,1-4H3,(H,28,29). The molecule has 1 aromatic carbocycles. The van der Waals surface area contributed by atoms with Gasteiger partial charge in [0.15, 0.2) is 11.2 Å². The van der Waals surface area contributed by atoms with E-state index in [9.17, 15) is 14.4 Å². The van der Waals surface area contributed by atoms with Crippen LogP contribution in [-0.4, -0.2) is 36.9 Å². The van der Waals surface area contributed by atoms with Crippen LogP contribution in [0.15, 0.2) is 27.8 Å². The molecule has 31 heavy (non-hydrogen) atoms. The summed E-state index contributed by atoms with van der Waals surface area (Å²) in [5.74, 6) is -0.139. The second-order valence-electron chi connectivity index (χ2n) is 7.19. The summed E-state index contributed by atoms with van der Waals surface area (Å²) >= 11 is 0. The molecular weight excluding hydrogens is 400 g/mol. The molecule has 0 saturated carbocycles. The molecule has 3 aromatic rings. The normalized spacial score (nSPS) is 11.5. The van der Waals surface area contributed by atoms with Crippen molar-refractivity contribution in [3.8, 4) is 5.75 Å². The molecule has 0 aliphatic rings. The van der Waals surface area contributed by atoms with E-state index in [1.807, 2.05) is 13.8 Å². The molecule has 3 rings (SSSR count). The first-order valence-corrected chi connectivity index (χ1v) is 10.1. The number of benzene rings is 1. The van der Waals surface area contributed by atoms with Crippen LogP contribution in [0.5, 0.6) is 5.75 Å². The number of ether oxygens (including phenoxy) is 1. The Labute approximate surface area is 178 Å². The maximum atomic E-state index is 13.0. The summed E-state index contributed by atoms with van der Waals surface area (Å²) in [7, 11) is 3.20. The number of hydrogen-bond acceptors (Lipinski definition) is 5. The van der Waals surface area contributed by atoms with Crippen LogP contribution in [0.4, 0.5) is 0 Å². The molecular formula is C22H26N4O5. The van der Waals surface area contributed by atoms with E-state index < -0.39 is 5.97 Å². The number of aromatic carboxylic acids is 1. The van der Waals surface area contributed by atoms with Crippen LogP contribution < -0.4 is 16.0 Å². The Bertz CT molecular complexity index is 1280. The second kappa shape index (κ2) is 9.03. The van der Waals surface area contributed by atoms with Crippen molar-refractivity contribution in [2.24, 2.45) is 7.05 Å². The fraction of sp³-hybridized carbons (Fsp3) is 0.364. The van der Waals surface area contributed by atoms with Gasteiger partial charge in [0.05, 0.1) is 12.7 Å². The van der Waals surface area contributed by atoms with Crippen molar-refractivity contribution in [1.29, 1.82) is 0 Å². The predicted octanol–water partition coefficient (Wildman–Crippen LogP) is 2.59. The second-order valence-corrected chi connectivity index (χ2v) is 7.19. The van der Waals surface area contributed by atoms with E-state index in [0.717, 1.165) is 6.42 Å². The summed E-state index contributed by atoms with van der Waals surface area (Å²) in [5.41, 5.74) is 0.813. The van der Waals surface area contributed by atoms with Gasteiger partial charge in [-0.15, -0.1) is 0 Å². The molecule has 0 bridgehead atoms. The Morgan fingerprint density at radius 3 is 2.42 bits per heavy atom. The Hall–Kier alpha value is -3.62. The number of aromatic nitrogens is 4. The number of methoxy groups -OCH3 is 1. The molecule has 164 valence electrons. The Balaban J connectivity index is 2.16. The van der Waals surface area contributed by atoms with Gasteiger partial charge in [0, 0.05) is 25.7 Å². The maximum Gasteiger partial charge on any atom is 0.335 e. The van der Waals surface area contributed by atoms with E-state index in [1.54, 1.807) is 34.4 Å². The van der Waals surface area contributed by atoms with Crippen LogP contribution in [0.25, 0.3) is 23.3 Å². The Morgan fingerprint density at radius 2 is 1.81 bits per heavy atom. The molecule has 0 spiro atoms. The number of imidazole rings is 1. The SMILES string of the molecule is CCCn1c(=O)c2c(nc(C=Cc3ccc(C(=O)O)cc3OC)n2C)n(CCC)c1=O. The lowest BCUT2D eigenvalue weighted by Crippen LogP contribution is -2.40. The fourth-order valence-corrected chi connectivity index (χ4v) is 3.52. The third kappa shape index (κ3) is 4.03. The summed E-state index contributed by atoms with van der Waals surface area (Å²) in [4.78, 5) is 41.6. The van der Waals surface area contributed by atoms with Gasteiger partial charge in [-0.1, -0.05) is 19.9 Å². The van der Waals surface area contributed by atoms with Gasteiger partial charge in [-0.2, -0.15) is 0 Å². The van der Waals surface area contributed by atoms with Gasteiger partial charge in [0.2, 0.25) is 0 Å². The fourth-order valence-electron chi connectivity index (χ4n) is 3.52. The summed E-state index contributed by atoms with van der Waals surface area (Å²) in [6.07, 6.45) is 4.85. The van der Waals surface area contributed by atoms with E-state index in [0.29, 0.717) is 47.8 Å². The highest BCUT2D eigenvalue weighted by Crippen LogP contribution is 2.23. The maximum absolute atomic E-state index is 13.0. The summed E-state index contributed by atoms with van der Waals surface area (Å²) in [5, 5.41) is 9.15. The van der Waals surface area contributed by atoms with Gasteiger partial charge in [-0.05, 0) is 37.1 Å². The van der Waals surface area contributed by atoms with E-state index in [4.69, 9.17) is 9.84 Å². The number of carboxylic acids is 1. The van der Waals surface area contributed by atoms with Crippen LogP contribution >= 0.6 is 0 Å². The minimum atomic E-state index is -1.04. The molecule has 0 amide bonds. The van der Waals surface area contributed by atoms with Crippen molar-refractivity contribution in [3.05, 3.63) is 56.0 Å². The first-order valence-electron chi connectivity index (χ1n) is 10.1. The molecule has 0 saturated heterocycles. The lowest BCUT2D eigenvalue weighted by molar-refractivity contribution is 0.0696. The van der Waals surface area contributed by atoms with E-state index in [2.05, 4.69) is 4.98 Å². The van der Waals surface area contributed by atoms with Crippen molar-refractivity contribution in [1.82, 2.24) is 18.7 Å². The minimum absolute atomic E-state index is 0.122. The van der Waals surface area contributed by atoms with E-state index >= 15 is 0 Å². The molecule has 0 aliphatic carbocycles. The van der Waals surface area contributed by atoms with Crippen molar-refractivity contribution in [2.75, 3.05) is 7.11 Å². The van der Waals surface area contributed by atoms with Gasteiger partial charge in [-0.3, -0.25) is 13.9 Å². The first-order chi connectivity index (χ1) is 14.8. The topological polar surface area (TPSA) is 108 Å². The van der Waals surface area contributed by atoms with E-state index in [1.165, 1.54) is 23.8 Å². The highest BCUT2D eigenvalue weighted by atomic mass is 16.5. The molecule has 1 N–H and O–H groups in total. The first kappa shape index (κ1) is 22.1. The third-order valence-corrected chi connectivity index (χ3v) is 5.06. The molecule has 0 radical (unpaired) electrons. The number of carbonyl (C=O) groups is 1. The van der Waals surface area contributed by atoms with Crippen molar-refractivity contribution < 1.29 is 14.6 Å². The number of rotatable bonds is 8. The minimum Gasteiger partial charge on any atom is -0.496 e. The van der Waals surface area contributed by atoms with Crippen LogP contribution in [0.1, 0.15) is 48.4 Å². The quantitative estimate of drug-likeness (QED) is 0.593. The molecule has 9 nitrogen and oxygen atoms in total. The molecule has 0 aliphatic heterocycles. The largest absolute Gasteiger partial charge is 0.496 e. The van der Waals surface area contributed by atoms with Crippen molar-refractivity contribution in [3.63, 3.8) is 0 Å². The highest BCUT2D eigenvalue weighted by Gasteiger charge is 2.18. The molecule has 2 heterocycles. The zero-order chi connectivity index (χ0) is 22.7. The lowest BCUT2D eigenvalue weighted by atomic mass is 10.1. The molecule has 9 heteroatoms. The summed E-state index contributed by atoms with van der Waals surface area (Å²) < 4.78 is 9.78. The zero-order valence-electron chi connectivity index (χ0n) is 18.1. The number of nitrogens with zero attached hydrogens (tertiary/aromatic N) is 4. The van der Waals surface area contributed by atoms with Crippen molar-refractivity contribution >= 4 is 29.3 Å². The molecule has 2 aromatic heterocycles. The van der Waals surface area contributed by atoms with Gasteiger partial charge >= 0.3 is 11.7 Å². The van der Waals surface area contributed by atoms with Crippen molar-refractivity contribution in [2.45, 2.75) is 39.8 Å². The van der Waals surface area contributed by atoms with Gasteiger partial charge < -0.3 is 14.4 Å². The third-order valence-electron chi connectivity index (χ3n) is 5.06. The van der Waals surface area contributed by atoms with Crippen LogP contribution in [0, 0.1) is 0 Å². The average Bonchev–Trinajstić information content (AvgIpc) is 3.08. The van der Waals surface area contributed by atoms with Gasteiger partial charge in [0.25, 0.3) is 5.56 Å². The molecule has 0 unspecified atom stereocenters. The van der Waals surface area contributed by atoms with Gasteiger partial charge in [0.1, 0.15) is 11.6 Å².